The molecule has 0 aromatic rings. The summed E-state index contributed by atoms with van der Waals surface area (Å²) in [6.45, 7) is 7.76. The van der Waals surface area contributed by atoms with Gasteiger partial charge >= 0.3 is 6.16 Å². The zero-order valence-electron chi connectivity index (χ0n) is 9.15. The summed E-state index contributed by atoms with van der Waals surface area (Å²) in [6, 6.07) is 0. The molecule has 0 saturated carbocycles. The Morgan fingerprint density at radius 2 is 1.93 bits per heavy atom. The second-order valence-corrected chi connectivity index (χ2v) is 3.47. The molecule has 0 aromatic heterocycles. The van der Waals surface area contributed by atoms with Gasteiger partial charge in [-0.3, -0.25) is 0 Å². The molecule has 5 heteroatoms. The Balaban J connectivity index is 0.000000292. The molecule has 1 rings (SSSR count). The van der Waals surface area contributed by atoms with Crippen LogP contribution >= 0.6 is 0 Å². The van der Waals surface area contributed by atoms with Crippen molar-refractivity contribution in [3.8, 4) is 0 Å². The van der Waals surface area contributed by atoms with Crippen LogP contribution in [0.25, 0.3) is 0 Å². The van der Waals surface area contributed by atoms with Gasteiger partial charge in [-0.2, -0.15) is 0 Å². The summed E-state index contributed by atoms with van der Waals surface area (Å²) < 4.78 is 10.1. The minimum Gasteiger partial charge on any atom is -0.450 e. The highest BCUT2D eigenvalue weighted by Gasteiger charge is 2.21. The molecule has 0 amide bonds. The monoisotopic (exact) mass is 206 g/mol. The second kappa shape index (κ2) is 6.62. The first kappa shape index (κ1) is 13.2. The number of hydrogen-bond acceptors (Lipinski definition) is 3. The molecule has 1 heterocycles. The SMILES string of the molecule is CC[N+]1(C)CCOCC1.COC(=O)O. The van der Waals surface area contributed by atoms with Crippen LogP contribution in [0.4, 0.5) is 4.79 Å². The van der Waals surface area contributed by atoms with Crippen LogP contribution in [0, 0.1) is 0 Å². The van der Waals surface area contributed by atoms with Crippen molar-refractivity contribution in [2.45, 2.75) is 6.92 Å². The third kappa shape index (κ3) is 5.77. The highest BCUT2D eigenvalue weighted by Crippen LogP contribution is 2.05. The van der Waals surface area contributed by atoms with Crippen molar-refractivity contribution in [1.82, 2.24) is 0 Å². The summed E-state index contributed by atoms with van der Waals surface area (Å²) in [5.41, 5.74) is 0. The number of likely N-dealkylation sites (N-methyl/N-ethyl adjacent to an activating group) is 1. The predicted molar refractivity (Wildman–Crippen MR) is 52.3 cm³/mol. The first-order valence-corrected chi connectivity index (χ1v) is 4.72. The van der Waals surface area contributed by atoms with Crippen molar-refractivity contribution in [3.05, 3.63) is 0 Å². The average molecular weight is 206 g/mol. The van der Waals surface area contributed by atoms with Crippen LogP contribution < -0.4 is 0 Å². The Morgan fingerprint density at radius 3 is 2.14 bits per heavy atom. The van der Waals surface area contributed by atoms with Gasteiger partial charge in [-0.15, -0.1) is 0 Å². The van der Waals surface area contributed by atoms with E-state index < -0.39 is 6.16 Å². The van der Waals surface area contributed by atoms with Crippen molar-refractivity contribution in [2.24, 2.45) is 0 Å². The Labute approximate surface area is 84.8 Å². The normalized spacial score (nSPS) is 19.1. The van der Waals surface area contributed by atoms with Gasteiger partial charge in [0, 0.05) is 0 Å². The van der Waals surface area contributed by atoms with Crippen LogP contribution in [0.1, 0.15) is 6.92 Å². The molecule has 0 unspecified atom stereocenters. The number of rotatable bonds is 1. The summed E-state index contributed by atoms with van der Waals surface area (Å²) in [4.78, 5) is 9.15. The highest BCUT2D eigenvalue weighted by molar-refractivity contribution is 5.56. The van der Waals surface area contributed by atoms with Gasteiger partial charge in [0.25, 0.3) is 0 Å². The Morgan fingerprint density at radius 1 is 1.50 bits per heavy atom. The van der Waals surface area contributed by atoms with E-state index in [1.165, 1.54) is 24.1 Å². The Kier molecular flexibility index (Phi) is 6.23. The lowest BCUT2D eigenvalue weighted by atomic mass is 10.3. The number of quaternary nitrogens is 1. The fourth-order valence-corrected chi connectivity index (χ4v) is 1.10. The zero-order valence-corrected chi connectivity index (χ0v) is 9.15. The molecule has 1 aliphatic rings. The molecular formula is C9H20NO4+. The average Bonchev–Trinajstić information content (AvgIpc) is 2.20. The van der Waals surface area contributed by atoms with Gasteiger partial charge in [0.2, 0.25) is 0 Å². The van der Waals surface area contributed by atoms with E-state index in [0.717, 1.165) is 20.3 Å². The number of ether oxygens (including phenoxy) is 2. The van der Waals surface area contributed by atoms with E-state index in [2.05, 4.69) is 18.7 Å². The van der Waals surface area contributed by atoms with E-state index in [1.54, 1.807) is 0 Å². The van der Waals surface area contributed by atoms with Crippen LogP contribution in [0.15, 0.2) is 0 Å². The van der Waals surface area contributed by atoms with E-state index in [4.69, 9.17) is 14.6 Å². The molecule has 84 valence electrons. The van der Waals surface area contributed by atoms with Gasteiger partial charge in [0.15, 0.2) is 0 Å². The molecular weight excluding hydrogens is 186 g/mol. The number of hydrogen-bond donors (Lipinski definition) is 1. The number of morpholine rings is 1. The topological polar surface area (TPSA) is 55.8 Å². The van der Waals surface area contributed by atoms with Crippen molar-refractivity contribution in [3.63, 3.8) is 0 Å². The van der Waals surface area contributed by atoms with Gasteiger partial charge in [-0.1, -0.05) is 0 Å². The lowest BCUT2D eigenvalue weighted by molar-refractivity contribution is -0.915. The van der Waals surface area contributed by atoms with Crippen LogP contribution in [-0.2, 0) is 9.47 Å². The molecule has 0 radical (unpaired) electrons. The van der Waals surface area contributed by atoms with E-state index in [-0.39, 0.29) is 0 Å². The maximum absolute atomic E-state index is 9.15. The van der Waals surface area contributed by atoms with Crippen molar-refractivity contribution in [1.29, 1.82) is 0 Å². The Hall–Kier alpha value is -0.810. The second-order valence-electron chi connectivity index (χ2n) is 3.47. The fraction of sp³-hybridized carbons (Fsp3) is 0.889. The van der Waals surface area contributed by atoms with Crippen LogP contribution in [0.5, 0.6) is 0 Å². The van der Waals surface area contributed by atoms with Crippen LogP contribution in [0.2, 0.25) is 0 Å². The summed E-state index contributed by atoms with van der Waals surface area (Å²) in [5.74, 6) is 0. The summed E-state index contributed by atoms with van der Waals surface area (Å²) in [5, 5.41) is 7.50. The number of carbonyl (C=O) groups is 1. The van der Waals surface area contributed by atoms with Crippen LogP contribution in [0.3, 0.4) is 0 Å². The lowest BCUT2D eigenvalue weighted by Gasteiger charge is -2.36. The molecule has 0 atom stereocenters. The third-order valence-electron chi connectivity index (χ3n) is 2.49. The molecule has 1 fully saturated rings. The number of nitrogens with zero attached hydrogens (tertiary/aromatic N) is 1. The third-order valence-corrected chi connectivity index (χ3v) is 2.49. The van der Waals surface area contributed by atoms with Gasteiger partial charge in [-0.05, 0) is 6.92 Å². The molecule has 0 aromatic carbocycles. The first-order chi connectivity index (χ1) is 6.54. The van der Waals surface area contributed by atoms with E-state index >= 15 is 0 Å². The van der Waals surface area contributed by atoms with Crippen molar-refractivity contribution in [2.75, 3.05) is 47.0 Å². The predicted octanol–water partition coefficient (Wildman–Crippen LogP) is 0.794. The quantitative estimate of drug-likeness (QED) is 0.509. The van der Waals surface area contributed by atoms with Crippen LogP contribution in [-0.4, -0.2) is 62.8 Å². The zero-order chi connectivity index (χ0) is 11.0. The molecule has 5 nitrogen and oxygen atoms in total. The van der Waals surface area contributed by atoms with Crippen molar-refractivity contribution >= 4 is 6.16 Å². The Bertz CT molecular complexity index is 166. The molecule has 1 aliphatic heterocycles. The van der Waals surface area contributed by atoms with E-state index in [1.807, 2.05) is 0 Å². The largest absolute Gasteiger partial charge is 0.505 e. The minimum atomic E-state index is -1.25. The van der Waals surface area contributed by atoms with Gasteiger partial charge in [0.1, 0.15) is 13.1 Å². The molecule has 1 N–H and O–H groups in total. The first-order valence-electron chi connectivity index (χ1n) is 4.72. The van der Waals surface area contributed by atoms with Gasteiger partial charge in [0.05, 0.1) is 33.9 Å². The lowest BCUT2D eigenvalue weighted by Crippen LogP contribution is -2.51. The summed E-state index contributed by atoms with van der Waals surface area (Å²) in [7, 11) is 3.39. The standard InChI is InChI=1S/C7H16NO.C2H4O3/c1-3-8(2)4-6-9-7-5-8;1-5-2(3)4/h3-7H2,1-2H3;1H3,(H,3,4)/q+1;. The van der Waals surface area contributed by atoms with Crippen molar-refractivity contribution < 1.29 is 23.9 Å². The summed E-state index contributed by atoms with van der Waals surface area (Å²) in [6.07, 6.45) is -1.25. The summed E-state index contributed by atoms with van der Waals surface area (Å²) >= 11 is 0. The number of methoxy groups -OCH3 is 1. The minimum absolute atomic E-state index is 0.949. The van der Waals surface area contributed by atoms with E-state index in [0.29, 0.717) is 0 Å². The smallest absolute Gasteiger partial charge is 0.450 e. The number of carboxylic acid groups (broad SMARTS) is 1. The molecule has 0 aliphatic carbocycles. The van der Waals surface area contributed by atoms with E-state index in [9.17, 15) is 0 Å². The highest BCUT2D eigenvalue weighted by atomic mass is 16.6. The molecule has 1 saturated heterocycles. The van der Waals surface area contributed by atoms with Gasteiger partial charge in [-0.25, -0.2) is 4.79 Å². The maximum Gasteiger partial charge on any atom is 0.505 e. The fourth-order valence-electron chi connectivity index (χ4n) is 1.10. The maximum atomic E-state index is 9.15. The molecule has 0 spiro atoms. The molecule has 14 heavy (non-hydrogen) atoms. The molecule has 0 bridgehead atoms. The van der Waals surface area contributed by atoms with Gasteiger partial charge < -0.3 is 19.1 Å².